The van der Waals surface area contributed by atoms with Gasteiger partial charge in [0, 0.05) is 13.1 Å². The number of thiazole rings is 2. The largest absolute Gasteiger partial charge is 0.490 e. The highest BCUT2D eigenvalue weighted by Gasteiger charge is 2.40. The second-order valence-corrected chi connectivity index (χ2v) is 15.5. The molecule has 0 aliphatic carbocycles. The topological polar surface area (TPSA) is 386 Å². The summed E-state index contributed by atoms with van der Waals surface area (Å²) in [6, 6.07) is 14.0. The predicted molar refractivity (Wildman–Crippen MR) is 242 cm³/mol. The van der Waals surface area contributed by atoms with E-state index in [1.165, 1.54) is 22.7 Å². The van der Waals surface area contributed by atoms with Crippen LogP contribution in [0.1, 0.15) is 37.1 Å². The first-order valence-electron chi connectivity index (χ1n) is 19.5. The Morgan fingerprint density at radius 3 is 1.03 bits per heavy atom. The summed E-state index contributed by atoms with van der Waals surface area (Å²) in [5.41, 5.74) is 28.2. The number of alkyl halides is 12. The number of urea groups is 2. The number of anilines is 2. The molecule has 4 rings (SSSR count). The Bertz CT molecular complexity index is 2360. The van der Waals surface area contributed by atoms with Crippen LogP contribution in [0.25, 0.3) is 20.9 Å². The van der Waals surface area contributed by atoms with E-state index in [0.717, 1.165) is 58.0 Å². The molecule has 0 aliphatic rings. The molecule has 0 fully saturated rings. The third-order valence-corrected chi connectivity index (χ3v) is 9.54. The SMILES string of the molecule is Cc1nc(N)sc1-c1cccc(N=C(N)NC(=O)NCCCCCCNC(=O)NC(N)=Nc2cccc(-c3sc(N)nc3C)c2)c1.O=C(O)C(F)(F)F.O=C(O)C(F)(F)F.O=C(O)C(F)(F)F.O=C(O)C(F)(F)F. The Labute approximate surface area is 415 Å². The van der Waals surface area contributed by atoms with Crippen molar-refractivity contribution in [1.82, 2.24) is 31.2 Å². The van der Waals surface area contributed by atoms with Crippen molar-refractivity contribution < 1.29 is 102 Å². The van der Waals surface area contributed by atoms with Crippen LogP contribution in [0.3, 0.4) is 0 Å². The smallest absolute Gasteiger partial charge is 0.475 e. The standard InChI is InChI=1S/C30H38N12O2S2.4C2HF3O2/c1-17-23(45-27(33)37-17)19-9-7-11-21(15-19)39-25(31)41-29(43)35-13-5-3-4-6-14-36-30(44)42-26(32)40-22-12-8-10-20(16-22)24-18(2)38-28(34)46-24;4*3-2(4,5)1(6)7/h7-12,15-16H,3-6,13-14H2,1-2H3,(H2,33,37)(H2,34,38)(H4,31,35,39,41,43)(H4,32,36,40,42,44);4*(H,6,7). The number of nitrogens with zero attached hydrogens (tertiary/aromatic N) is 4. The van der Waals surface area contributed by atoms with Crippen molar-refractivity contribution in [3.05, 3.63) is 59.9 Å². The molecule has 36 heteroatoms. The number of hydrogen-bond acceptors (Lipinski definition) is 14. The van der Waals surface area contributed by atoms with Gasteiger partial charge in [-0.3, -0.25) is 10.6 Å². The van der Waals surface area contributed by atoms with Crippen molar-refractivity contribution in [2.24, 2.45) is 21.5 Å². The number of hydrogen-bond donors (Lipinski definition) is 12. The number of carboxylic acids is 4. The molecular formula is C38H42F12N12O10S2. The summed E-state index contributed by atoms with van der Waals surface area (Å²) in [6.45, 7) is 4.74. The number of guanidine groups is 2. The maximum Gasteiger partial charge on any atom is 0.490 e. The number of benzene rings is 2. The molecule has 4 aromatic rings. The molecule has 74 heavy (non-hydrogen) atoms. The van der Waals surface area contributed by atoms with E-state index in [2.05, 4.69) is 41.2 Å². The molecule has 0 radical (unpaired) electrons. The van der Waals surface area contributed by atoms with Crippen LogP contribution in [0.15, 0.2) is 58.5 Å². The summed E-state index contributed by atoms with van der Waals surface area (Å²) >= 11 is 2.80. The maximum absolute atomic E-state index is 12.2. The summed E-state index contributed by atoms with van der Waals surface area (Å²) in [5, 5.41) is 40.1. The number of nitrogens with two attached hydrogens (primary N) is 4. The van der Waals surface area contributed by atoms with Gasteiger partial charge in [0.25, 0.3) is 0 Å². The van der Waals surface area contributed by atoms with E-state index < -0.39 is 60.6 Å². The molecule has 0 spiro atoms. The number of carboxylic acid groups (broad SMARTS) is 4. The first-order chi connectivity index (χ1) is 33.8. The normalized spacial score (nSPS) is 11.5. The fraction of sp³-hybridized carbons (Fsp3) is 0.316. The van der Waals surface area contributed by atoms with Crippen LogP contribution >= 0.6 is 22.7 Å². The van der Waals surface area contributed by atoms with E-state index in [1.54, 1.807) is 12.1 Å². The Balaban J connectivity index is 0.00000154. The lowest BCUT2D eigenvalue weighted by Gasteiger charge is -2.08. The zero-order chi connectivity index (χ0) is 57.4. The minimum Gasteiger partial charge on any atom is -0.475 e. The van der Waals surface area contributed by atoms with E-state index in [-0.39, 0.29) is 11.9 Å². The van der Waals surface area contributed by atoms with Crippen LogP contribution in [-0.4, -0.2) is 116 Å². The van der Waals surface area contributed by atoms with E-state index >= 15 is 0 Å². The minimum atomic E-state index is -5.08. The van der Waals surface area contributed by atoms with Gasteiger partial charge in [0.15, 0.2) is 10.3 Å². The molecule has 0 saturated heterocycles. The van der Waals surface area contributed by atoms with Crippen LogP contribution < -0.4 is 44.2 Å². The average Bonchev–Trinajstić information content (AvgIpc) is 3.78. The van der Waals surface area contributed by atoms with Crippen LogP contribution in [0, 0.1) is 13.8 Å². The number of carbonyl (C=O) groups excluding carboxylic acids is 2. The molecule has 2 aromatic heterocycles. The molecule has 0 bridgehead atoms. The lowest BCUT2D eigenvalue weighted by atomic mass is 10.1. The number of rotatable bonds is 11. The van der Waals surface area contributed by atoms with Crippen LogP contribution in [-0.2, 0) is 19.2 Å². The van der Waals surface area contributed by atoms with Gasteiger partial charge in [-0.25, -0.2) is 48.7 Å². The zero-order valence-corrected chi connectivity index (χ0v) is 39.2. The number of nitrogens with one attached hydrogen (secondary N) is 4. The molecule has 0 aliphatic heterocycles. The summed E-state index contributed by atoms with van der Waals surface area (Å²) in [7, 11) is 0. The van der Waals surface area contributed by atoms with E-state index in [0.29, 0.717) is 34.7 Å². The third-order valence-electron chi connectivity index (χ3n) is 7.47. The fourth-order valence-electron chi connectivity index (χ4n) is 4.47. The van der Waals surface area contributed by atoms with Gasteiger partial charge in [-0.15, -0.1) is 0 Å². The van der Waals surface area contributed by atoms with Gasteiger partial charge in [-0.2, -0.15) is 52.7 Å². The monoisotopic (exact) mass is 1120 g/mol. The molecule has 0 atom stereocenters. The zero-order valence-electron chi connectivity index (χ0n) is 37.6. The molecule has 2 heterocycles. The van der Waals surface area contributed by atoms with E-state index in [4.69, 9.17) is 62.5 Å². The minimum absolute atomic E-state index is 0.0182. The Kier molecular flexibility index (Phi) is 26.7. The molecule has 2 aromatic carbocycles. The lowest BCUT2D eigenvalue weighted by molar-refractivity contribution is -0.193. The molecular weight excluding hydrogens is 1080 g/mol. The second-order valence-electron chi connectivity index (χ2n) is 13.4. The van der Waals surface area contributed by atoms with Gasteiger partial charge in [-0.1, -0.05) is 59.8 Å². The summed E-state index contributed by atoms with van der Waals surface area (Å²) in [5.74, 6) is -11.1. The lowest BCUT2D eigenvalue weighted by Crippen LogP contribution is -2.43. The van der Waals surface area contributed by atoms with Gasteiger partial charge >= 0.3 is 60.6 Å². The number of aliphatic imine (C=N–C) groups is 2. The van der Waals surface area contributed by atoms with E-state index in [9.17, 15) is 62.3 Å². The Morgan fingerprint density at radius 2 is 0.797 bits per heavy atom. The quantitative estimate of drug-likeness (QED) is 0.0311. The fourth-order valence-corrected chi connectivity index (χ4v) is 6.13. The van der Waals surface area contributed by atoms with Crippen molar-refractivity contribution in [1.29, 1.82) is 0 Å². The molecule has 4 amide bonds. The molecule has 16 N–H and O–H groups in total. The van der Waals surface area contributed by atoms with E-state index in [1.807, 2.05) is 50.2 Å². The van der Waals surface area contributed by atoms with Crippen molar-refractivity contribution in [3.8, 4) is 20.9 Å². The second kappa shape index (κ2) is 30.0. The number of aromatic nitrogens is 2. The highest BCUT2D eigenvalue weighted by molar-refractivity contribution is 7.19. The highest BCUT2D eigenvalue weighted by Crippen LogP contribution is 2.34. The van der Waals surface area contributed by atoms with Gasteiger partial charge in [0.1, 0.15) is 0 Å². The third kappa shape index (κ3) is 28.0. The van der Waals surface area contributed by atoms with Crippen molar-refractivity contribution in [2.75, 3.05) is 24.6 Å². The van der Waals surface area contributed by atoms with Crippen LogP contribution in [0.4, 0.5) is 83.9 Å². The van der Waals surface area contributed by atoms with Gasteiger partial charge in [0.05, 0.1) is 32.5 Å². The summed E-state index contributed by atoms with van der Waals surface area (Å²) < 4.78 is 127. The highest BCUT2D eigenvalue weighted by atomic mass is 32.1. The molecule has 0 saturated carbocycles. The van der Waals surface area contributed by atoms with Crippen LogP contribution in [0.5, 0.6) is 0 Å². The first-order valence-corrected chi connectivity index (χ1v) is 21.1. The van der Waals surface area contributed by atoms with Gasteiger partial charge < -0.3 is 54.0 Å². The van der Waals surface area contributed by atoms with Crippen molar-refractivity contribution in [2.45, 2.75) is 64.2 Å². The van der Waals surface area contributed by atoms with Crippen molar-refractivity contribution in [3.63, 3.8) is 0 Å². The number of unbranched alkanes of at least 4 members (excludes halogenated alkanes) is 3. The average molecular weight is 1120 g/mol. The Hall–Kier alpha value is -8.18. The maximum atomic E-state index is 12.2. The number of amides is 4. The number of aliphatic carboxylic acids is 4. The first kappa shape index (κ1) is 65.8. The predicted octanol–water partition coefficient (Wildman–Crippen LogP) is 7.00. The van der Waals surface area contributed by atoms with Gasteiger partial charge in [0.2, 0.25) is 11.9 Å². The number of halogens is 12. The summed E-state index contributed by atoms with van der Waals surface area (Å²) in [4.78, 5) is 79.0. The molecule has 410 valence electrons. The number of nitrogen functional groups attached to an aromatic ring is 2. The van der Waals surface area contributed by atoms with Crippen LogP contribution in [0.2, 0.25) is 0 Å². The summed E-state index contributed by atoms with van der Waals surface area (Å²) in [6.07, 6.45) is -17.1. The molecule has 22 nitrogen and oxygen atoms in total. The molecule has 0 unspecified atom stereocenters. The van der Waals surface area contributed by atoms with Gasteiger partial charge in [-0.05, 0) is 62.1 Å². The number of aryl methyl sites for hydroxylation is 2. The Morgan fingerprint density at radius 1 is 0.527 bits per heavy atom. The van der Waals surface area contributed by atoms with Crippen molar-refractivity contribution >= 4 is 92.2 Å². The number of carbonyl (C=O) groups is 6.